The number of alkyl halides is 1. The minimum absolute atomic E-state index is 0.105. The average molecular weight is 348 g/mol. The van der Waals surface area contributed by atoms with Crippen molar-refractivity contribution in [2.75, 3.05) is 0 Å². The Bertz CT molecular complexity index is 389. The second-order valence-electron chi connectivity index (χ2n) is 4.25. The molecule has 16 heavy (non-hydrogen) atoms. The molecule has 0 fully saturated rings. The van der Waals surface area contributed by atoms with Crippen molar-refractivity contribution in [1.82, 2.24) is 0 Å². The van der Waals surface area contributed by atoms with Crippen molar-refractivity contribution in [3.8, 4) is 0 Å². The molecule has 0 saturated heterocycles. The lowest BCUT2D eigenvalue weighted by Gasteiger charge is -2.21. The van der Waals surface area contributed by atoms with Crippen LogP contribution < -0.4 is 0 Å². The molecule has 0 saturated carbocycles. The van der Waals surface area contributed by atoms with Crippen molar-refractivity contribution in [2.24, 2.45) is 0 Å². The van der Waals surface area contributed by atoms with Crippen LogP contribution in [0, 0.1) is 13.8 Å². The maximum absolute atomic E-state index is 11.4. The molecule has 1 aromatic rings. The first-order valence-electron chi connectivity index (χ1n) is 5.25. The van der Waals surface area contributed by atoms with Crippen LogP contribution >= 0.6 is 31.9 Å². The van der Waals surface area contributed by atoms with Gasteiger partial charge in [0.05, 0.1) is 4.83 Å². The van der Waals surface area contributed by atoms with E-state index < -0.39 is 0 Å². The fraction of sp³-hybridized carbons (Fsp3) is 0.462. The molecular formula is C13H16Br2O. The van der Waals surface area contributed by atoms with Crippen molar-refractivity contribution in [2.45, 2.75) is 38.4 Å². The largest absolute Gasteiger partial charge is 0.299 e. The Morgan fingerprint density at radius 3 is 2.06 bits per heavy atom. The number of ketones is 1. The Balaban J connectivity index is 3.18. The average Bonchev–Trinajstić information content (AvgIpc) is 2.14. The smallest absolute Gasteiger partial charge is 0.144 e. The summed E-state index contributed by atoms with van der Waals surface area (Å²) in [6.07, 6.45) is 0. The van der Waals surface area contributed by atoms with E-state index in [0.29, 0.717) is 0 Å². The van der Waals surface area contributed by atoms with E-state index in [9.17, 15) is 4.79 Å². The molecule has 0 N–H and O–H groups in total. The summed E-state index contributed by atoms with van der Waals surface area (Å²) in [5.41, 5.74) is 3.72. The Morgan fingerprint density at radius 2 is 1.69 bits per heavy atom. The van der Waals surface area contributed by atoms with E-state index in [4.69, 9.17) is 0 Å². The number of rotatable bonds is 3. The number of carbonyl (C=O) groups is 1. The van der Waals surface area contributed by atoms with Crippen molar-refractivity contribution >= 4 is 37.6 Å². The van der Waals surface area contributed by atoms with Crippen molar-refractivity contribution in [1.29, 1.82) is 0 Å². The number of hydrogen-bond donors (Lipinski definition) is 0. The van der Waals surface area contributed by atoms with E-state index in [1.165, 1.54) is 16.7 Å². The monoisotopic (exact) mass is 346 g/mol. The third-order valence-electron chi connectivity index (χ3n) is 2.84. The van der Waals surface area contributed by atoms with Crippen molar-refractivity contribution in [3.05, 3.63) is 33.3 Å². The highest BCUT2D eigenvalue weighted by Crippen LogP contribution is 2.32. The van der Waals surface area contributed by atoms with Gasteiger partial charge in [0.2, 0.25) is 0 Å². The molecule has 0 spiro atoms. The summed E-state index contributed by atoms with van der Waals surface area (Å²) in [6, 6.07) is 4.19. The lowest BCUT2D eigenvalue weighted by molar-refractivity contribution is -0.116. The molecule has 1 aromatic carbocycles. The van der Waals surface area contributed by atoms with Gasteiger partial charge in [-0.15, -0.1) is 0 Å². The Morgan fingerprint density at radius 1 is 1.25 bits per heavy atom. The summed E-state index contributed by atoms with van der Waals surface area (Å²) < 4.78 is 1.09. The topological polar surface area (TPSA) is 17.1 Å². The Hall–Kier alpha value is -0.150. The fourth-order valence-electron chi connectivity index (χ4n) is 2.14. The summed E-state index contributed by atoms with van der Waals surface area (Å²) in [4.78, 5) is 11.3. The van der Waals surface area contributed by atoms with Crippen LogP contribution in [0.25, 0.3) is 0 Å². The van der Waals surface area contributed by atoms with Crippen LogP contribution in [0.5, 0.6) is 0 Å². The van der Waals surface area contributed by atoms with Gasteiger partial charge in [-0.2, -0.15) is 0 Å². The van der Waals surface area contributed by atoms with E-state index in [0.717, 1.165) is 4.47 Å². The second kappa shape index (κ2) is 5.46. The van der Waals surface area contributed by atoms with Gasteiger partial charge >= 0.3 is 0 Å². The van der Waals surface area contributed by atoms with Crippen LogP contribution in [-0.4, -0.2) is 10.6 Å². The molecule has 1 rings (SSSR count). The molecule has 0 radical (unpaired) electrons. The van der Waals surface area contributed by atoms with Gasteiger partial charge in [-0.3, -0.25) is 4.79 Å². The van der Waals surface area contributed by atoms with Gasteiger partial charge in [0, 0.05) is 10.4 Å². The lowest BCUT2D eigenvalue weighted by Crippen LogP contribution is -2.19. The highest BCUT2D eigenvalue weighted by molar-refractivity contribution is 9.10. The molecule has 0 amide bonds. The highest BCUT2D eigenvalue weighted by atomic mass is 79.9. The van der Waals surface area contributed by atoms with Crippen molar-refractivity contribution in [3.63, 3.8) is 0 Å². The third kappa shape index (κ3) is 2.95. The first-order chi connectivity index (χ1) is 7.34. The van der Waals surface area contributed by atoms with Crippen LogP contribution in [0.2, 0.25) is 0 Å². The van der Waals surface area contributed by atoms with E-state index >= 15 is 0 Å². The zero-order valence-corrected chi connectivity index (χ0v) is 13.1. The SMILES string of the molecule is CC(=O)C(Br)C(C)c1c(C)cc(Br)cc1C. The van der Waals surface area contributed by atoms with Crippen LogP contribution in [0.15, 0.2) is 16.6 Å². The predicted molar refractivity (Wildman–Crippen MR) is 75.4 cm³/mol. The van der Waals surface area contributed by atoms with Crippen LogP contribution in [0.1, 0.15) is 36.5 Å². The number of aryl methyl sites for hydroxylation is 2. The maximum atomic E-state index is 11.4. The quantitative estimate of drug-likeness (QED) is 0.734. The minimum Gasteiger partial charge on any atom is -0.299 e. The van der Waals surface area contributed by atoms with Gasteiger partial charge in [0.15, 0.2) is 0 Å². The lowest BCUT2D eigenvalue weighted by atomic mass is 9.89. The fourth-order valence-corrected chi connectivity index (χ4v) is 3.09. The number of benzene rings is 1. The summed E-state index contributed by atoms with van der Waals surface area (Å²) >= 11 is 6.95. The molecule has 0 aliphatic heterocycles. The molecule has 0 aliphatic rings. The van der Waals surface area contributed by atoms with Crippen LogP contribution in [0.3, 0.4) is 0 Å². The number of hydrogen-bond acceptors (Lipinski definition) is 1. The zero-order valence-electron chi connectivity index (χ0n) is 9.97. The van der Waals surface area contributed by atoms with Crippen LogP contribution in [-0.2, 0) is 4.79 Å². The van der Waals surface area contributed by atoms with E-state index in [1.807, 2.05) is 0 Å². The summed E-state index contributed by atoms with van der Waals surface area (Å²) in [5.74, 6) is 0.375. The Labute approximate surface area is 114 Å². The summed E-state index contributed by atoms with van der Waals surface area (Å²) in [6.45, 7) is 7.89. The number of carbonyl (C=O) groups excluding carboxylic acids is 1. The predicted octanol–water partition coefficient (Wildman–Crippen LogP) is 4.52. The Kier molecular flexibility index (Phi) is 4.74. The zero-order chi connectivity index (χ0) is 12.5. The van der Waals surface area contributed by atoms with Gasteiger partial charge in [-0.25, -0.2) is 0 Å². The van der Waals surface area contributed by atoms with E-state index in [2.05, 4.69) is 64.8 Å². The first-order valence-corrected chi connectivity index (χ1v) is 6.96. The standard InChI is InChI=1S/C13H16Br2O/c1-7-5-11(14)6-8(2)12(7)9(3)13(15)10(4)16/h5-6,9,13H,1-4H3. The van der Waals surface area contributed by atoms with Crippen LogP contribution in [0.4, 0.5) is 0 Å². The highest BCUT2D eigenvalue weighted by Gasteiger charge is 2.23. The molecular weight excluding hydrogens is 332 g/mol. The molecule has 0 heterocycles. The van der Waals surface area contributed by atoms with Gasteiger partial charge in [0.25, 0.3) is 0 Å². The van der Waals surface area contributed by atoms with Crippen molar-refractivity contribution < 1.29 is 4.79 Å². The molecule has 0 aromatic heterocycles. The molecule has 3 heteroatoms. The molecule has 2 unspecified atom stereocenters. The molecule has 1 nitrogen and oxygen atoms in total. The maximum Gasteiger partial charge on any atom is 0.144 e. The summed E-state index contributed by atoms with van der Waals surface area (Å²) in [5, 5.41) is 0. The van der Waals surface area contributed by atoms with Gasteiger partial charge < -0.3 is 0 Å². The van der Waals surface area contributed by atoms with Gasteiger partial charge in [-0.05, 0) is 49.6 Å². The normalized spacial score (nSPS) is 14.6. The van der Waals surface area contributed by atoms with E-state index in [1.54, 1.807) is 6.92 Å². The molecule has 0 bridgehead atoms. The number of Topliss-reactive ketones (excluding diaryl/α,β-unsaturated/α-hetero) is 1. The number of halogens is 2. The van der Waals surface area contributed by atoms with E-state index in [-0.39, 0.29) is 16.5 Å². The molecule has 88 valence electrons. The molecule has 0 aliphatic carbocycles. The minimum atomic E-state index is -0.105. The second-order valence-corrected chi connectivity index (χ2v) is 6.16. The van der Waals surface area contributed by atoms with Gasteiger partial charge in [0.1, 0.15) is 5.78 Å². The molecule has 2 atom stereocenters. The third-order valence-corrected chi connectivity index (χ3v) is 4.74. The van der Waals surface area contributed by atoms with Gasteiger partial charge in [-0.1, -0.05) is 38.8 Å². The first kappa shape index (κ1) is 13.9. The summed E-state index contributed by atoms with van der Waals surface area (Å²) in [7, 11) is 0.